The van der Waals surface area contributed by atoms with E-state index in [2.05, 4.69) is 5.16 Å². The molecule has 2 aromatic rings. The van der Waals surface area contributed by atoms with Crippen molar-refractivity contribution in [3.05, 3.63) is 30.0 Å². The number of ether oxygens (including phenoxy) is 2. The minimum absolute atomic E-state index is 0.0658. The number of carbonyl (C=O) groups is 1. The van der Waals surface area contributed by atoms with Gasteiger partial charge in [0.2, 0.25) is 5.91 Å². The number of carbonyl (C=O) groups excluding carboxylic acids is 1. The Morgan fingerprint density at radius 2 is 2.09 bits per heavy atom. The van der Waals surface area contributed by atoms with Crippen molar-refractivity contribution in [2.45, 2.75) is 32.4 Å². The van der Waals surface area contributed by atoms with Crippen LogP contribution < -0.4 is 9.47 Å². The summed E-state index contributed by atoms with van der Waals surface area (Å²) in [6.07, 6.45) is 2.13. The van der Waals surface area contributed by atoms with Gasteiger partial charge in [0.05, 0.1) is 26.3 Å². The molecule has 1 fully saturated rings. The fraction of sp³-hybridized carbons (Fsp3) is 0.412. The van der Waals surface area contributed by atoms with E-state index in [1.807, 2.05) is 29.2 Å². The molecule has 23 heavy (non-hydrogen) atoms. The summed E-state index contributed by atoms with van der Waals surface area (Å²) in [6, 6.07) is 7.67. The zero-order valence-electron chi connectivity index (χ0n) is 13.5. The van der Waals surface area contributed by atoms with Gasteiger partial charge in [0.1, 0.15) is 17.2 Å². The molecule has 1 aliphatic rings. The van der Waals surface area contributed by atoms with Crippen molar-refractivity contribution in [3.63, 3.8) is 0 Å². The van der Waals surface area contributed by atoms with Gasteiger partial charge in [-0.05, 0) is 31.0 Å². The second-order valence-corrected chi connectivity index (χ2v) is 5.63. The summed E-state index contributed by atoms with van der Waals surface area (Å²) in [5.74, 6) is 2.05. The molecule has 1 heterocycles. The van der Waals surface area contributed by atoms with Crippen LogP contribution in [0.4, 0.5) is 0 Å². The van der Waals surface area contributed by atoms with Gasteiger partial charge in [-0.2, -0.15) is 0 Å². The van der Waals surface area contributed by atoms with Crippen LogP contribution in [-0.2, 0) is 11.3 Å². The Kier molecular flexibility index (Phi) is 4.23. The highest BCUT2D eigenvalue weighted by molar-refractivity contribution is 5.74. The molecule has 0 bridgehead atoms. The molecule has 6 heteroatoms. The van der Waals surface area contributed by atoms with E-state index >= 15 is 0 Å². The van der Waals surface area contributed by atoms with E-state index in [-0.39, 0.29) is 5.91 Å². The van der Waals surface area contributed by atoms with Crippen LogP contribution in [0.2, 0.25) is 0 Å². The summed E-state index contributed by atoms with van der Waals surface area (Å²) in [7, 11) is 3.21. The topological polar surface area (TPSA) is 64.8 Å². The molecule has 1 aliphatic carbocycles. The number of hydrogen-bond donors (Lipinski definition) is 0. The second kappa shape index (κ2) is 6.32. The number of methoxy groups -OCH3 is 2. The van der Waals surface area contributed by atoms with Gasteiger partial charge >= 0.3 is 0 Å². The van der Waals surface area contributed by atoms with Crippen molar-refractivity contribution >= 4 is 5.91 Å². The minimum atomic E-state index is 0.0658. The monoisotopic (exact) mass is 316 g/mol. The van der Waals surface area contributed by atoms with Crippen LogP contribution in [-0.4, -0.2) is 36.2 Å². The molecular weight excluding hydrogens is 296 g/mol. The highest BCUT2D eigenvalue weighted by atomic mass is 16.5. The van der Waals surface area contributed by atoms with E-state index in [0.29, 0.717) is 29.8 Å². The predicted octanol–water partition coefficient (Wildman–Crippen LogP) is 2.87. The Labute approximate surface area is 135 Å². The lowest BCUT2D eigenvalue weighted by Crippen LogP contribution is -2.30. The number of aromatic nitrogens is 1. The van der Waals surface area contributed by atoms with Crippen LogP contribution >= 0.6 is 0 Å². The Bertz CT molecular complexity index is 706. The molecule has 1 aromatic carbocycles. The highest BCUT2D eigenvalue weighted by Crippen LogP contribution is 2.34. The first-order valence-electron chi connectivity index (χ1n) is 7.57. The quantitative estimate of drug-likeness (QED) is 0.820. The van der Waals surface area contributed by atoms with Gasteiger partial charge in [-0.3, -0.25) is 4.79 Å². The molecule has 0 N–H and O–H groups in total. The van der Waals surface area contributed by atoms with Crippen molar-refractivity contribution in [2.75, 3.05) is 14.2 Å². The summed E-state index contributed by atoms with van der Waals surface area (Å²) < 4.78 is 16.1. The van der Waals surface area contributed by atoms with E-state index < -0.39 is 0 Å². The maximum absolute atomic E-state index is 11.7. The Balaban J connectivity index is 1.85. The fourth-order valence-electron chi connectivity index (χ4n) is 2.58. The molecule has 1 saturated carbocycles. The summed E-state index contributed by atoms with van der Waals surface area (Å²) in [6.45, 7) is 2.06. The van der Waals surface area contributed by atoms with E-state index in [1.54, 1.807) is 21.1 Å². The summed E-state index contributed by atoms with van der Waals surface area (Å²) in [5, 5.41) is 4.09. The van der Waals surface area contributed by atoms with Crippen molar-refractivity contribution in [1.82, 2.24) is 10.1 Å². The smallest absolute Gasteiger partial charge is 0.220 e. The first-order chi connectivity index (χ1) is 11.1. The number of benzene rings is 1. The lowest BCUT2D eigenvalue weighted by atomic mass is 10.1. The predicted molar refractivity (Wildman–Crippen MR) is 84.3 cm³/mol. The van der Waals surface area contributed by atoms with E-state index in [0.717, 1.165) is 24.1 Å². The van der Waals surface area contributed by atoms with Crippen LogP contribution in [0.5, 0.6) is 11.5 Å². The number of nitrogens with zero attached hydrogens (tertiary/aromatic N) is 2. The zero-order chi connectivity index (χ0) is 16.4. The van der Waals surface area contributed by atoms with Crippen LogP contribution in [0.3, 0.4) is 0 Å². The van der Waals surface area contributed by atoms with E-state index in [1.165, 1.54) is 0 Å². The van der Waals surface area contributed by atoms with Crippen LogP contribution in [0.1, 0.15) is 25.5 Å². The Morgan fingerprint density at radius 3 is 2.70 bits per heavy atom. The number of amides is 1. The lowest BCUT2D eigenvalue weighted by Gasteiger charge is -2.18. The van der Waals surface area contributed by atoms with Crippen molar-refractivity contribution in [3.8, 4) is 22.8 Å². The first kappa shape index (κ1) is 15.4. The molecule has 3 rings (SSSR count). The van der Waals surface area contributed by atoms with Gasteiger partial charge in [0.25, 0.3) is 0 Å². The normalized spacial score (nSPS) is 13.7. The SMILES string of the molecule is COc1ccc(OC)c(-c2cc(CN(C(C)=O)C3CC3)no2)c1. The average Bonchev–Trinajstić information content (AvgIpc) is 3.29. The fourth-order valence-corrected chi connectivity index (χ4v) is 2.58. The lowest BCUT2D eigenvalue weighted by molar-refractivity contribution is -0.130. The van der Waals surface area contributed by atoms with Gasteiger partial charge in [0, 0.05) is 19.0 Å². The van der Waals surface area contributed by atoms with Crippen molar-refractivity contribution < 1.29 is 18.8 Å². The average molecular weight is 316 g/mol. The van der Waals surface area contributed by atoms with Gasteiger partial charge in [0.15, 0.2) is 5.76 Å². The molecule has 1 amide bonds. The largest absolute Gasteiger partial charge is 0.497 e. The third-order valence-corrected chi connectivity index (χ3v) is 3.96. The standard InChI is InChI=1S/C17H20N2O4/c1-11(20)19(13-4-5-13)10-12-8-17(23-18-12)15-9-14(21-2)6-7-16(15)22-3/h6-9,13H,4-5,10H2,1-3H3. The molecular formula is C17H20N2O4. The summed E-state index contributed by atoms with van der Waals surface area (Å²) in [4.78, 5) is 13.6. The van der Waals surface area contributed by atoms with Crippen molar-refractivity contribution in [1.29, 1.82) is 0 Å². The minimum Gasteiger partial charge on any atom is -0.497 e. The third kappa shape index (κ3) is 3.31. The molecule has 122 valence electrons. The molecule has 0 saturated heterocycles. The van der Waals surface area contributed by atoms with Crippen LogP contribution in [0, 0.1) is 0 Å². The molecule has 0 spiro atoms. The van der Waals surface area contributed by atoms with Gasteiger partial charge in [-0.15, -0.1) is 0 Å². The molecule has 0 aliphatic heterocycles. The zero-order valence-corrected chi connectivity index (χ0v) is 13.5. The van der Waals surface area contributed by atoms with Crippen LogP contribution in [0.25, 0.3) is 11.3 Å². The third-order valence-electron chi connectivity index (χ3n) is 3.96. The Morgan fingerprint density at radius 1 is 1.30 bits per heavy atom. The molecule has 0 radical (unpaired) electrons. The molecule has 6 nitrogen and oxygen atoms in total. The summed E-state index contributed by atoms with van der Waals surface area (Å²) in [5.41, 5.74) is 1.50. The first-order valence-corrected chi connectivity index (χ1v) is 7.57. The van der Waals surface area contributed by atoms with Gasteiger partial charge in [-0.1, -0.05) is 5.16 Å². The maximum atomic E-state index is 11.7. The molecule has 0 atom stereocenters. The molecule has 0 unspecified atom stereocenters. The van der Waals surface area contributed by atoms with Crippen LogP contribution in [0.15, 0.2) is 28.8 Å². The number of rotatable bonds is 6. The van der Waals surface area contributed by atoms with E-state index in [4.69, 9.17) is 14.0 Å². The Hall–Kier alpha value is -2.50. The number of hydrogen-bond acceptors (Lipinski definition) is 5. The second-order valence-electron chi connectivity index (χ2n) is 5.63. The van der Waals surface area contributed by atoms with Crippen molar-refractivity contribution in [2.24, 2.45) is 0 Å². The molecule has 1 aromatic heterocycles. The van der Waals surface area contributed by atoms with Gasteiger partial charge < -0.3 is 18.9 Å². The van der Waals surface area contributed by atoms with Gasteiger partial charge in [-0.25, -0.2) is 0 Å². The summed E-state index contributed by atoms with van der Waals surface area (Å²) >= 11 is 0. The van der Waals surface area contributed by atoms with E-state index in [9.17, 15) is 4.79 Å². The maximum Gasteiger partial charge on any atom is 0.220 e. The highest BCUT2D eigenvalue weighted by Gasteiger charge is 2.31.